The molecule has 0 fully saturated rings. The molecule has 2 aromatic carbocycles. The highest BCUT2D eigenvalue weighted by molar-refractivity contribution is 7.10. The number of aryl methyl sites for hydroxylation is 3. The number of hydrogen-bond donors (Lipinski definition) is 0. The third kappa shape index (κ3) is 2.50. The Kier molecular flexibility index (Phi) is 3.59. The van der Waals surface area contributed by atoms with Crippen molar-refractivity contribution in [3.63, 3.8) is 0 Å². The van der Waals surface area contributed by atoms with Crippen molar-refractivity contribution in [3.8, 4) is 0 Å². The summed E-state index contributed by atoms with van der Waals surface area (Å²) in [6, 6.07) is 20.3. The van der Waals surface area contributed by atoms with E-state index in [0.29, 0.717) is 5.92 Å². The average Bonchev–Trinajstić information content (AvgIpc) is 2.94. The summed E-state index contributed by atoms with van der Waals surface area (Å²) in [6.07, 6.45) is 3.46. The molecule has 0 amide bonds. The average molecular weight is 304 g/mol. The van der Waals surface area contributed by atoms with E-state index in [4.69, 9.17) is 0 Å². The number of rotatable bonds is 2. The standard InChI is InChI=1S/C21H20S/c1-15-5-4-6-16(13-15)14-20-18-8-3-2-7-17(18)9-10-21-19(20)11-12-22-21/h2-8,11-13,20H,9-10,14H2,1H3/t20-/m0/s1. The fourth-order valence-electron chi connectivity index (χ4n) is 3.68. The van der Waals surface area contributed by atoms with Crippen LogP contribution in [0.2, 0.25) is 0 Å². The molecule has 0 radical (unpaired) electrons. The van der Waals surface area contributed by atoms with Crippen LogP contribution in [0, 0.1) is 6.92 Å². The molecule has 0 bridgehead atoms. The van der Waals surface area contributed by atoms with Crippen LogP contribution in [0.15, 0.2) is 60.0 Å². The molecule has 3 aromatic rings. The van der Waals surface area contributed by atoms with Crippen LogP contribution >= 0.6 is 11.3 Å². The molecule has 0 aliphatic heterocycles. The zero-order valence-corrected chi connectivity index (χ0v) is 13.7. The number of fused-ring (bicyclic) bond motifs is 2. The van der Waals surface area contributed by atoms with Gasteiger partial charge < -0.3 is 0 Å². The Morgan fingerprint density at radius 1 is 0.955 bits per heavy atom. The van der Waals surface area contributed by atoms with Gasteiger partial charge in [0, 0.05) is 10.8 Å². The number of hydrogen-bond acceptors (Lipinski definition) is 1. The van der Waals surface area contributed by atoms with Crippen molar-refractivity contribution < 1.29 is 0 Å². The Morgan fingerprint density at radius 2 is 1.86 bits per heavy atom. The summed E-state index contributed by atoms with van der Waals surface area (Å²) in [5, 5.41) is 2.27. The number of benzene rings is 2. The quantitative estimate of drug-likeness (QED) is 0.584. The Bertz CT molecular complexity index is 797. The van der Waals surface area contributed by atoms with Crippen LogP contribution in [0.3, 0.4) is 0 Å². The predicted molar refractivity (Wildman–Crippen MR) is 94.9 cm³/mol. The van der Waals surface area contributed by atoms with Crippen molar-refractivity contribution in [2.45, 2.75) is 32.1 Å². The second-order valence-corrected chi connectivity index (χ2v) is 7.24. The van der Waals surface area contributed by atoms with Gasteiger partial charge >= 0.3 is 0 Å². The van der Waals surface area contributed by atoms with Crippen LogP contribution in [0.4, 0.5) is 0 Å². The van der Waals surface area contributed by atoms with Gasteiger partial charge in [0.1, 0.15) is 0 Å². The monoisotopic (exact) mass is 304 g/mol. The third-order valence-corrected chi connectivity index (χ3v) is 5.73. The van der Waals surface area contributed by atoms with Gasteiger partial charge in [-0.2, -0.15) is 0 Å². The maximum atomic E-state index is 2.35. The zero-order chi connectivity index (χ0) is 14.9. The molecule has 110 valence electrons. The van der Waals surface area contributed by atoms with Crippen molar-refractivity contribution in [2.24, 2.45) is 0 Å². The molecule has 1 heteroatoms. The molecule has 1 aliphatic rings. The smallest absolute Gasteiger partial charge is 0.0143 e. The van der Waals surface area contributed by atoms with E-state index in [0.717, 1.165) is 6.42 Å². The van der Waals surface area contributed by atoms with Crippen molar-refractivity contribution in [1.29, 1.82) is 0 Å². The maximum absolute atomic E-state index is 2.35. The Labute approximate surface area is 136 Å². The largest absolute Gasteiger partial charge is 0.149 e. The highest BCUT2D eigenvalue weighted by Gasteiger charge is 2.24. The lowest BCUT2D eigenvalue weighted by Crippen LogP contribution is -2.06. The molecule has 0 spiro atoms. The van der Waals surface area contributed by atoms with E-state index >= 15 is 0 Å². The summed E-state index contributed by atoms with van der Waals surface area (Å²) >= 11 is 1.93. The van der Waals surface area contributed by atoms with Gasteiger partial charge in [-0.3, -0.25) is 0 Å². The summed E-state index contributed by atoms with van der Waals surface area (Å²) in [4.78, 5) is 1.58. The first kappa shape index (κ1) is 13.8. The highest BCUT2D eigenvalue weighted by Crippen LogP contribution is 2.38. The van der Waals surface area contributed by atoms with E-state index in [1.165, 1.54) is 35.1 Å². The van der Waals surface area contributed by atoms with Gasteiger partial charge in [-0.1, -0.05) is 54.1 Å². The van der Waals surface area contributed by atoms with Gasteiger partial charge in [0.05, 0.1) is 0 Å². The fourth-order valence-corrected chi connectivity index (χ4v) is 4.62. The van der Waals surface area contributed by atoms with Crippen LogP contribution < -0.4 is 0 Å². The molecular weight excluding hydrogens is 284 g/mol. The van der Waals surface area contributed by atoms with E-state index in [9.17, 15) is 0 Å². The molecule has 0 saturated heterocycles. The molecule has 1 aliphatic carbocycles. The molecule has 4 rings (SSSR count). The van der Waals surface area contributed by atoms with E-state index in [-0.39, 0.29) is 0 Å². The van der Waals surface area contributed by atoms with E-state index in [1.807, 2.05) is 11.3 Å². The molecule has 0 saturated carbocycles. The van der Waals surface area contributed by atoms with Crippen LogP contribution in [0.25, 0.3) is 0 Å². The van der Waals surface area contributed by atoms with Crippen LogP contribution in [0.5, 0.6) is 0 Å². The van der Waals surface area contributed by atoms with Crippen LogP contribution in [-0.2, 0) is 19.3 Å². The lowest BCUT2D eigenvalue weighted by molar-refractivity contribution is 0.803. The molecule has 0 unspecified atom stereocenters. The summed E-state index contributed by atoms with van der Waals surface area (Å²) < 4.78 is 0. The van der Waals surface area contributed by atoms with E-state index in [2.05, 4.69) is 66.9 Å². The van der Waals surface area contributed by atoms with Crippen LogP contribution in [0.1, 0.15) is 38.6 Å². The Hall–Kier alpha value is -1.86. The topological polar surface area (TPSA) is 0 Å². The summed E-state index contributed by atoms with van der Waals surface area (Å²) in [5.74, 6) is 0.502. The van der Waals surface area contributed by atoms with Crippen LogP contribution in [-0.4, -0.2) is 0 Å². The SMILES string of the molecule is Cc1cccc(C[C@H]2c3ccccc3CCc3sccc32)c1. The van der Waals surface area contributed by atoms with Gasteiger partial charge in [-0.25, -0.2) is 0 Å². The zero-order valence-electron chi connectivity index (χ0n) is 12.9. The lowest BCUT2D eigenvalue weighted by Gasteiger charge is -2.19. The molecule has 1 atom stereocenters. The highest BCUT2D eigenvalue weighted by atomic mass is 32.1. The minimum Gasteiger partial charge on any atom is -0.149 e. The first-order chi connectivity index (χ1) is 10.8. The second-order valence-electron chi connectivity index (χ2n) is 6.24. The van der Waals surface area contributed by atoms with E-state index in [1.54, 1.807) is 10.4 Å². The summed E-state index contributed by atoms with van der Waals surface area (Å²) in [6.45, 7) is 2.18. The van der Waals surface area contributed by atoms with Gasteiger partial charge in [0.25, 0.3) is 0 Å². The molecule has 0 N–H and O–H groups in total. The second kappa shape index (κ2) is 5.73. The molecule has 22 heavy (non-hydrogen) atoms. The van der Waals surface area contributed by atoms with Gasteiger partial charge in [0.15, 0.2) is 0 Å². The lowest BCUT2D eigenvalue weighted by atomic mass is 9.85. The fraction of sp³-hybridized carbons (Fsp3) is 0.238. The van der Waals surface area contributed by atoms with Crippen molar-refractivity contribution in [3.05, 3.63) is 92.7 Å². The Balaban J connectivity index is 1.81. The third-order valence-electron chi connectivity index (χ3n) is 4.73. The predicted octanol–water partition coefficient (Wildman–Crippen LogP) is 5.53. The van der Waals surface area contributed by atoms with Gasteiger partial charge in [0.2, 0.25) is 0 Å². The summed E-state index contributed by atoms with van der Waals surface area (Å²) in [5.41, 5.74) is 7.41. The first-order valence-corrected chi connectivity index (χ1v) is 8.89. The Morgan fingerprint density at radius 3 is 2.77 bits per heavy atom. The van der Waals surface area contributed by atoms with Gasteiger partial charge in [-0.05, 0) is 59.9 Å². The summed E-state index contributed by atoms with van der Waals surface area (Å²) in [7, 11) is 0. The maximum Gasteiger partial charge on any atom is 0.0143 e. The van der Waals surface area contributed by atoms with E-state index < -0.39 is 0 Å². The van der Waals surface area contributed by atoms with Crippen molar-refractivity contribution >= 4 is 11.3 Å². The van der Waals surface area contributed by atoms with Crippen molar-refractivity contribution in [2.75, 3.05) is 0 Å². The number of thiophene rings is 1. The first-order valence-electron chi connectivity index (χ1n) is 8.01. The molecular formula is C21H20S. The molecule has 1 heterocycles. The minimum atomic E-state index is 0.502. The minimum absolute atomic E-state index is 0.502. The van der Waals surface area contributed by atoms with Crippen molar-refractivity contribution in [1.82, 2.24) is 0 Å². The van der Waals surface area contributed by atoms with Gasteiger partial charge in [-0.15, -0.1) is 11.3 Å². The normalized spacial score (nSPS) is 16.7. The molecule has 0 nitrogen and oxygen atoms in total. The molecule has 1 aromatic heterocycles.